The number of rotatable bonds is 4. The van der Waals surface area contributed by atoms with Gasteiger partial charge in [-0.25, -0.2) is 0 Å². The minimum atomic E-state index is 0.579. The van der Waals surface area contributed by atoms with Gasteiger partial charge in [-0.15, -0.1) is 0 Å². The van der Waals surface area contributed by atoms with Gasteiger partial charge in [-0.1, -0.05) is 0 Å². The summed E-state index contributed by atoms with van der Waals surface area (Å²) in [5.41, 5.74) is 9.49. The van der Waals surface area contributed by atoms with E-state index in [1.807, 2.05) is 0 Å². The number of likely N-dealkylation sites (N-methyl/N-ethyl adjacent to an activating group) is 1. The molecule has 2 heterocycles. The van der Waals surface area contributed by atoms with Crippen molar-refractivity contribution in [2.45, 2.75) is 32.7 Å². The zero-order valence-corrected chi connectivity index (χ0v) is 10.5. The van der Waals surface area contributed by atoms with E-state index in [4.69, 9.17) is 5.73 Å². The van der Waals surface area contributed by atoms with Crippen LogP contribution in [0.1, 0.15) is 29.4 Å². The van der Waals surface area contributed by atoms with E-state index in [2.05, 4.69) is 35.6 Å². The third kappa shape index (κ3) is 1.99. The molecular formula is C12H22N4. The van der Waals surface area contributed by atoms with Gasteiger partial charge in [0, 0.05) is 18.8 Å². The van der Waals surface area contributed by atoms with Gasteiger partial charge in [0.05, 0.1) is 11.7 Å². The Bertz CT molecular complexity index is 363. The largest absolute Gasteiger partial charge is 0.330 e. The topological polar surface area (TPSA) is 47.1 Å². The molecule has 0 aliphatic carbocycles. The Balaban J connectivity index is 2.14. The highest BCUT2D eigenvalue weighted by Gasteiger charge is 2.27. The van der Waals surface area contributed by atoms with Crippen LogP contribution in [0.3, 0.4) is 0 Å². The van der Waals surface area contributed by atoms with Gasteiger partial charge in [0.1, 0.15) is 0 Å². The minimum absolute atomic E-state index is 0.579. The average molecular weight is 222 g/mol. The Kier molecular flexibility index (Phi) is 3.30. The van der Waals surface area contributed by atoms with E-state index < -0.39 is 0 Å². The molecule has 2 rings (SSSR count). The van der Waals surface area contributed by atoms with E-state index in [0.717, 1.165) is 32.5 Å². The van der Waals surface area contributed by atoms with Crippen LogP contribution in [-0.2, 0) is 6.42 Å². The lowest BCUT2D eigenvalue weighted by Gasteiger charge is -2.36. The normalized spacial score (nSPS) is 17.8. The van der Waals surface area contributed by atoms with Gasteiger partial charge in [-0.3, -0.25) is 4.68 Å². The second kappa shape index (κ2) is 4.55. The fourth-order valence-electron chi connectivity index (χ4n) is 2.51. The van der Waals surface area contributed by atoms with Gasteiger partial charge in [-0.2, -0.15) is 5.10 Å². The highest BCUT2D eigenvalue weighted by molar-refractivity contribution is 5.25. The molecule has 16 heavy (non-hydrogen) atoms. The molecular weight excluding hydrogens is 200 g/mol. The molecule has 4 nitrogen and oxygen atoms in total. The molecule has 90 valence electrons. The highest BCUT2D eigenvalue weighted by atomic mass is 15.4. The number of nitrogens with two attached hydrogens (primary N) is 1. The number of hydrogen-bond acceptors (Lipinski definition) is 3. The van der Waals surface area contributed by atoms with E-state index in [1.165, 1.54) is 17.0 Å². The van der Waals surface area contributed by atoms with E-state index in [0.29, 0.717) is 6.04 Å². The standard InChI is InChI=1S/C12H22N4/c1-9-12(5-4-6-13)10(2)16(14-9)11-7-15(3)8-11/h11H,4-8,13H2,1-3H3. The van der Waals surface area contributed by atoms with Crippen LogP contribution in [0.4, 0.5) is 0 Å². The minimum Gasteiger partial charge on any atom is -0.330 e. The van der Waals surface area contributed by atoms with Crippen molar-refractivity contribution >= 4 is 0 Å². The van der Waals surface area contributed by atoms with Gasteiger partial charge in [0.2, 0.25) is 0 Å². The van der Waals surface area contributed by atoms with Gasteiger partial charge < -0.3 is 10.6 Å². The first-order valence-electron chi connectivity index (χ1n) is 6.06. The molecule has 1 fully saturated rings. The van der Waals surface area contributed by atoms with Crippen molar-refractivity contribution in [3.8, 4) is 0 Å². The van der Waals surface area contributed by atoms with Crippen molar-refractivity contribution in [2.24, 2.45) is 5.73 Å². The van der Waals surface area contributed by atoms with E-state index in [9.17, 15) is 0 Å². The third-order valence-corrected chi connectivity index (χ3v) is 3.50. The molecule has 1 aliphatic heterocycles. The SMILES string of the molecule is Cc1nn(C2CN(C)C2)c(C)c1CCCN. The molecule has 4 heteroatoms. The predicted octanol–water partition coefficient (Wildman–Crippen LogP) is 0.878. The quantitative estimate of drug-likeness (QED) is 0.822. The molecule has 0 spiro atoms. The van der Waals surface area contributed by atoms with Crippen molar-refractivity contribution in [3.63, 3.8) is 0 Å². The maximum Gasteiger partial charge on any atom is 0.0775 e. The number of hydrogen-bond donors (Lipinski definition) is 1. The smallest absolute Gasteiger partial charge is 0.0775 e. The summed E-state index contributed by atoms with van der Waals surface area (Å²) >= 11 is 0. The lowest BCUT2D eigenvalue weighted by molar-refractivity contribution is 0.128. The third-order valence-electron chi connectivity index (χ3n) is 3.50. The van der Waals surface area contributed by atoms with Gasteiger partial charge in [0.15, 0.2) is 0 Å². The van der Waals surface area contributed by atoms with Gasteiger partial charge >= 0.3 is 0 Å². The summed E-state index contributed by atoms with van der Waals surface area (Å²) in [4.78, 5) is 2.32. The monoisotopic (exact) mass is 222 g/mol. The second-order valence-electron chi connectivity index (χ2n) is 4.86. The average Bonchev–Trinajstić information content (AvgIpc) is 2.47. The number of aromatic nitrogens is 2. The van der Waals surface area contributed by atoms with Crippen LogP contribution >= 0.6 is 0 Å². The molecule has 0 unspecified atom stereocenters. The molecule has 1 aliphatic rings. The maximum atomic E-state index is 5.56. The molecule has 2 N–H and O–H groups in total. The summed E-state index contributed by atoms with van der Waals surface area (Å²) in [5.74, 6) is 0. The number of likely N-dealkylation sites (tertiary alicyclic amines) is 1. The van der Waals surface area contributed by atoms with Crippen LogP contribution in [-0.4, -0.2) is 41.4 Å². The van der Waals surface area contributed by atoms with Crippen molar-refractivity contribution in [3.05, 3.63) is 17.0 Å². The maximum absolute atomic E-state index is 5.56. The van der Waals surface area contributed by atoms with Crippen molar-refractivity contribution in [2.75, 3.05) is 26.7 Å². The summed E-state index contributed by atoms with van der Waals surface area (Å²) < 4.78 is 2.21. The highest BCUT2D eigenvalue weighted by Crippen LogP contribution is 2.24. The van der Waals surface area contributed by atoms with Gasteiger partial charge in [0.25, 0.3) is 0 Å². The summed E-state index contributed by atoms with van der Waals surface area (Å²) in [5, 5.41) is 4.67. The van der Waals surface area contributed by atoms with Crippen LogP contribution in [0.25, 0.3) is 0 Å². The first-order chi connectivity index (χ1) is 7.63. The van der Waals surface area contributed by atoms with Crippen LogP contribution in [0.15, 0.2) is 0 Å². The molecule has 1 saturated heterocycles. The molecule has 1 aromatic heterocycles. The number of nitrogens with zero attached hydrogens (tertiary/aromatic N) is 3. The summed E-state index contributed by atoms with van der Waals surface area (Å²) in [6, 6.07) is 0.579. The number of aryl methyl sites for hydroxylation is 1. The predicted molar refractivity (Wildman–Crippen MR) is 65.6 cm³/mol. The molecule has 1 aromatic rings. The van der Waals surface area contributed by atoms with E-state index >= 15 is 0 Å². The Morgan fingerprint density at radius 1 is 1.38 bits per heavy atom. The summed E-state index contributed by atoms with van der Waals surface area (Å²) in [7, 11) is 2.15. The first kappa shape index (κ1) is 11.6. The summed E-state index contributed by atoms with van der Waals surface area (Å²) in [6.45, 7) is 7.30. The molecule has 0 aromatic carbocycles. The van der Waals surface area contributed by atoms with E-state index in [-0.39, 0.29) is 0 Å². The van der Waals surface area contributed by atoms with Gasteiger partial charge in [-0.05, 0) is 45.8 Å². The van der Waals surface area contributed by atoms with Crippen LogP contribution in [0, 0.1) is 13.8 Å². The van der Waals surface area contributed by atoms with Crippen molar-refractivity contribution in [1.82, 2.24) is 14.7 Å². The summed E-state index contributed by atoms with van der Waals surface area (Å²) in [6.07, 6.45) is 2.12. The Morgan fingerprint density at radius 2 is 2.06 bits per heavy atom. The van der Waals surface area contributed by atoms with Crippen LogP contribution in [0.5, 0.6) is 0 Å². The molecule has 0 atom stereocenters. The first-order valence-corrected chi connectivity index (χ1v) is 6.06. The Morgan fingerprint density at radius 3 is 2.62 bits per heavy atom. The molecule has 0 amide bonds. The molecule has 0 saturated carbocycles. The van der Waals surface area contributed by atoms with Crippen LogP contribution in [0.2, 0.25) is 0 Å². The zero-order chi connectivity index (χ0) is 11.7. The van der Waals surface area contributed by atoms with Crippen LogP contribution < -0.4 is 5.73 Å². The Labute approximate surface area is 97.4 Å². The van der Waals surface area contributed by atoms with Crippen molar-refractivity contribution in [1.29, 1.82) is 0 Å². The fraction of sp³-hybridized carbons (Fsp3) is 0.750. The molecule has 0 radical (unpaired) electrons. The molecule has 0 bridgehead atoms. The second-order valence-corrected chi connectivity index (χ2v) is 4.86. The lowest BCUT2D eigenvalue weighted by atomic mass is 10.1. The lowest BCUT2D eigenvalue weighted by Crippen LogP contribution is -2.45. The Hall–Kier alpha value is -0.870. The van der Waals surface area contributed by atoms with Crippen molar-refractivity contribution < 1.29 is 0 Å². The fourth-order valence-corrected chi connectivity index (χ4v) is 2.51. The zero-order valence-electron chi connectivity index (χ0n) is 10.5. The van der Waals surface area contributed by atoms with E-state index in [1.54, 1.807) is 0 Å².